The molecule has 1 amide bonds. The van der Waals surface area contributed by atoms with Gasteiger partial charge in [-0.25, -0.2) is 9.78 Å². The topological polar surface area (TPSA) is 116 Å². The van der Waals surface area contributed by atoms with Crippen molar-refractivity contribution in [3.63, 3.8) is 0 Å². The maximum absolute atomic E-state index is 12.9. The van der Waals surface area contributed by atoms with Crippen LogP contribution in [0, 0.1) is 5.92 Å². The molecule has 0 radical (unpaired) electrons. The van der Waals surface area contributed by atoms with Gasteiger partial charge in [0.25, 0.3) is 5.91 Å². The maximum Gasteiger partial charge on any atom is 0.331 e. The van der Waals surface area contributed by atoms with Gasteiger partial charge in [0, 0.05) is 18.2 Å². The lowest BCUT2D eigenvalue weighted by atomic mass is 9.91. The predicted octanol–water partition coefficient (Wildman–Crippen LogP) is 3.11. The lowest BCUT2D eigenvalue weighted by Crippen LogP contribution is -2.46. The Morgan fingerprint density at radius 3 is 2.71 bits per heavy atom. The van der Waals surface area contributed by atoms with Gasteiger partial charge in [-0.1, -0.05) is 38.0 Å². The van der Waals surface area contributed by atoms with E-state index < -0.39 is 29.8 Å². The molecule has 1 fully saturated rings. The monoisotopic (exact) mass is 472 g/mol. The molecular formula is C25H32N2O7. The highest BCUT2D eigenvalue weighted by Gasteiger charge is 2.36. The summed E-state index contributed by atoms with van der Waals surface area (Å²) in [5.41, 5.74) is -0.258. The molecule has 3 rings (SSSR count). The normalized spacial score (nSPS) is 23.1. The van der Waals surface area contributed by atoms with Crippen molar-refractivity contribution in [2.75, 3.05) is 20.3 Å². The van der Waals surface area contributed by atoms with Crippen LogP contribution in [0.5, 0.6) is 17.2 Å². The van der Waals surface area contributed by atoms with Crippen LogP contribution in [-0.4, -0.2) is 60.5 Å². The minimum absolute atomic E-state index is 0.0948. The molecule has 1 aliphatic heterocycles. The Labute approximate surface area is 199 Å². The number of unbranched alkanes of at least 4 members (excludes halogenated alkanes) is 1. The molecule has 0 unspecified atom stereocenters. The first kappa shape index (κ1) is 25.3. The summed E-state index contributed by atoms with van der Waals surface area (Å²) in [4.78, 5) is 29.6. The molecule has 0 spiro atoms. The van der Waals surface area contributed by atoms with Crippen molar-refractivity contribution < 1.29 is 33.6 Å². The second-order valence-corrected chi connectivity index (χ2v) is 8.19. The van der Waals surface area contributed by atoms with Crippen molar-refractivity contribution >= 4 is 11.9 Å². The Hall–Kier alpha value is -3.33. The van der Waals surface area contributed by atoms with Gasteiger partial charge in [-0.2, -0.15) is 0 Å². The number of hydrogen-bond donors (Lipinski definition) is 2. The van der Waals surface area contributed by atoms with E-state index in [0.29, 0.717) is 5.75 Å². The van der Waals surface area contributed by atoms with Gasteiger partial charge in [-0.15, -0.1) is 0 Å². The lowest BCUT2D eigenvalue weighted by Gasteiger charge is -2.31. The van der Waals surface area contributed by atoms with Gasteiger partial charge in [0.05, 0.1) is 20.3 Å². The van der Waals surface area contributed by atoms with Crippen LogP contribution in [0.1, 0.15) is 43.6 Å². The molecule has 0 bridgehead atoms. The average molecular weight is 473 g/mol. The molecule has 9 nitrogen and oxygen atoms in total. The van der Waals surface area contributed by atoms with Crippen LogP contribution in [0.25, 0.3) is 0 Å². The summed E-state index contributed by atoms with van der Waals surface area (Å²) in [5, 5.41) is 12.8. The number of benzene rings is 1. The van der Waals surface area contributed by atoms with Crippen LogP contribution in [0.2, 0.25) is 0 Å². The van der Waals surface area contributed by atoms with Crippen LogP contribution in [0.15, 0.2) is 42.6 Å². The number of esters is 1. The number of aromatic hydroxyl groups is 1. The number of aromatic nitrogens is 1. The summed E-state index contributed by atoms with van der Waals surface area (Å²) < 4.78 is 22.8. The van der Waals surface area contributed by atoms with Gasteiger partial charge < -0.3 is 29.4 Å². The fourth-order valence-corrected chi connectivity index (χ4v) is 3.90. The number of carbonyl (C=O) groups is 2. The van der Waals surface area contributed by atoms with E-state index in [4.69, 9.17) is 18.9 Å². The number of amides is 1. The lowest BCUT2D eigenvalue weighted by molar-refractivity contribution is -0.154. The Bertz CT molecular complexity index is 954. The van der Waals surface area contributed by atoms with Gasteiger partial charge in [0.15, 0.2) is 23.2 Å². The molecule has 2 N–H and O–H groups in total. The third kappa shape index (κ3) is 6.38. The van der Waals surface area contributed by atoms with E-state index in [2.05, 4.69) is 17.2 Å². The second-order valence-electron chi connectivity index (χ2n) is 8.19. The number of carbonyl (C=O) groups excluding carboxylic acids is 2. The molecule has 2 aromatic rings. The van der Waals surface area contributed by atoms with Gasteiger partial charge in [-0.05, 0) is 25.5 Å². The zero-order chi connectivity index (χ0) is 24.5. The largest absolute Gasteiger partial charge is 0.503 e. The smallest absolute Gasteiger partial charge is 0.331 e. The number of rotatable bonds is 8. The third-order valence-electron chi connectivity index (χ3n) is 5.78. The van der Waals surface area contributed by atoms with E-state index in [9.17, 15) is 14.7 Å². The molecule has 1 saturated heterocycles. The number of cyclic esters (lactones) is 1. The molecule has 9 heteroatoms. The molecule has 34 heavy (non-hydrogen) atoms. The average Bonchev–Trinajstić information content (AvgIpc) is 2.88. The molecule has 1 aromatic heterocycles. The molecule has 1 aliphatic rings. The standard InChI is InChI=1S/C25H32N2O7/c1-4-5-11-18-16(2)33-25(30)19(14-32-15-21(18)34-17-9-7-6-8-10-17)27-24(29)22-23(28)20(31-3)12-13-26-22/h6-10,12-13,16,18-19,21,28H,4-5,11,14-15H2,1-3H3,(H,27,29)/t16-,18-,19-,21-/m0/s1. The van der Waals surface area contributed by atoms with E-state index in [-0.39, 0.29) is 36.7 Å². The summed E-state index contributed by atoms with van der Waals surface area (Å²) in [5.74, 6) is -1.06. The SMILES string of the molecule is CCCC[C@H]1[C@H](C)OC(=O)[C@@H](NC(=O)c2nccc(OC)c2O)COC[C@@H]1Oc1ccccc1. The summed E-state index contributed by atoms with van der Waals surface area (Å²) in [6.45, 7) is 4.04. The number of nitrogens with zero attached hydrogens (tertiary/aromatic N) is 1. The van der Waals surface area contributed by atoms with Crippen molar-refractivity contribution in [1.29, 1.82) is 0 Å². The van der Waals surface area contributed by atoms with Crippen molar-refractivity contribution in [3.05, 3.63) is 48.3 Å². The summed E-state index contributed by atoms with van der Waals surface area (Å²) in [7, 11) is 1.37. The number of nitrogens with one attached hydrogen (secondary N) is 1. The number of para-hydroxylation sites is 1. The fourth-order valence-electron chi connectivity index (χ4n) is 3.90. The van der Waals surface area contributed by atoms with Crippen molar-refractivity contribution in [1.82, 2.24) is 10.3 Å². The molecule has 0 saturated carbocycles. The van der Waals surface area contributed by atoms with E-state index in [0.717, 1.165) is 19.3 Å². The van der Waals surface area contributed by atoms with E-state index in [1.807, 2.05) is 37.3 Å². The molecule has 0 aliphatic carbocycles. The molecule has 1 aromatic carbocycles. The Morgan fingerprint density at radius 1 is 1.24 bits per heavy atom. The van der Waals surface area contributed by atoms with Gasteiger partial charge in [0.2, 0.25) is 0 Å². The number of methoxy groups -OCH3 is 1. The number of pyridine rings is 1. The van der Waals surface area contributed by atoms with Crippen LogP contribution in [0.4, 0.5) is 0 Å². The Balaban J connectivity index is 1.76. The summed E-state index contributed by atoms with van der Waals surface area (Å²) in [6, 6.07) is 9.78. The minimum atomic E-state index is -1.08. The van der Waals surface area contributed by atoms with Crippen molar-refractivity contribution in [2.24, 2.45) is 5.92 Å². The number of ether oxygens (including phenoxy) is 4. The van der Waals surface area contributed by atoms with Crippen LogP contribution in [-0.2, 0) is 14.3 Å². The highest BCUT2D eigenvalue weighted by Crippen LogP contribution is 2.28. The first-order valence-corrected chi connectivity index (χ1v) is 11.5. The van der Waals surface area contributed by atoms with Gasteiger partial charge in [-0.3, -0.25) is 4.79 Å². The Kier molecular flexibility index (Phi) is 9.09. The molecule has 4 atom stereocenters. The summed E-state index contributed by atoms with van der Waals surface area (Å²) >= 11 is 0. The van der Waals surface area contributed by atoms with Crippen LogP contribution < -0.4 is 14.8 Å². The van der Waals surface area contributed by atoms with Gasteiger partial charge in [0.1, 0.15) is 18.0 Å². The summed E-state index contributed by atoms with van der Waals surface area (Å²) in [6.07, 6.45) is 3.27. The maximum atomic E-state index is 12.9. The predicted molar refractivity (Wildman–Crippen MR) is 124 cm³/mol. The minimum Gasteiger partial charge on any atom is -0.503 e. The van der Waals surface area contributed by atoms with Crippen molar-refractivity contribution in [3.8, 4) is 17.2 Å². The zero-order valence-corrected chi connectivity index (χ0v) is 19.7. The van der Waals surface area contributed by atoms with Crippen molar-refractivity contribution in [2.45, 2.75) is 51.4 Å². The quantitative estimate of drug-likeness (QED) is 0.563. The highest BCUT2D eigenvalue weighted by molar-refractivity contribution is 5.98. The fraction of sp³-hybridized carbons (Fsp3) is 0.480. The second kappa shape index (κ2) is 12.2. The third-order valence-corrected chi connectivity index (χ3v) is 5.78. The van der Waals surface area contributed by atoms with Gasteiger partial charge >= 0.3 is 5.97 Å². The molecular weight excluding hydrogens is 440 g/mol. The zero-order valence-electron chi connectivity index (χ0n) is 19.7. The van der Waals surface area contributed by atoms with Crippen LogP contribution >= 0.6 is 0 Å². The Morgan fingerprint density at radius 2 is 2.00 bits per heavy atom. The van der Waals surface area contributed by atoms with Crippen LogP contribution in [0.3, 0.4) is 0 Å². The molecule has 2 heterocycles. The highest BCUT2D eigenvalue weighted by atomic mass is 16.6. The number of hydrogen-bond acceptors (Lipinski definition) is 8. The first-order valence-electron chi connectivity index (χ1n) is 11.5. The van der Waals surface area contributed by atoms with E-state index >= 15 is 0 Å². The first-order chi connectivity index (χ1) is 16.4. The van der Waals surface area contributed by atoms with E-state index in [1.54, 1.807) is 0 Å². The van der Waals surface area contributed by atoms with E-state index in [1.165, 1.54) is 19.4 Å². The molecule has 184 valence electrons.